The molecule has 0 heterocycles. The summed E-state index contributed by atoms with van der Waals surface area (Å²) in [7, 11) is 0. The van der Waals surface area contributed by atoms with E-state index in [4.69, 9.17) is 0 Å². The van der Waals surface area contributed by atoms with Crippen LogP contribution < -0.4 is 0 Å². The Balaban J connectivity index is 1.57. The third-order valence-electron chi connectivity index (χ3n) is 7.86. The van der Waals surface area contributed by atoms with Gasteiger partial charge in [0.2, 0.25) is 0 Å². The Hall–Kier alpha value is 0. The molecule has 9 atom stereocenters. The first-order valence-corrected chi connectivity index (χ1v) is 8.87. The van der Waals surface area contributed by atoms with Crippen molar-refractivity contribution in [3.05, 3.63) is 0 Å². The van der Waals surface area contributed by atoms with Crippen molar-refractivity contribution in [2.24, 2.45) is 58.7 Å². The Bertz CT molecular complexity index is 376. The normalized spacial score (nSPS) is 58.9. The molecule has 0 aliphatic heterocycles. The summed E-state index contributed by atoms with van der Waals surface area (Å²) in [6.45, 7) is 12.5. The predicted molar refractivity (Wildman–Crippen MR) is 80.7 cm³/mol. The third-order valence-corrected chi connectivity index (χ3v) is 7.86. The van der Waals surface area contributed by atoms with E-state index in [2.05, 4.69) is 34.6 Å². The van der Waals surface area contributed by atoms with Gasteiger partial charge in [0.25, 0.3) is 0 Å². The predicted octanol–water partition coefficient (Wildman–Crippen LogP) is 5.23. The molecule has 0 aromatic heterocycles. The second-order valence-corrected chi connectivity index (χ2v) is 9.86. The van der Waals surface area contributed by atoms with E-state index in [0.717, 1.165) is 53.3 Å². The highest BCUT2D eigenvalue weighted by atomic mass is 14.7. The van der Waals surface area contributed by atoms with Crippen LogP contribution in [-0.4, -0.2) is 0 Å². The van der Waals surface area contributed by atoms with Crippen LogP contribution >= 0.6 is 0 Å². The molecule has 0 saturated heterocycles. The lowest BCUT2D eigenvalue weighted by molar-refractivity contribution is 0.0355. The zero-order chi connectivity index (χ0) is 13.5. The second-order valence-electron chi connectivity index (χ2n) is 9.86. The summed E-state index contributed by atoms with van der Waals surface area (Å²) in [5, 5.41) is 0. The van der Waals surface area contributed by atoms with Gasteiger partial charge < -0.3 is 0 Å². The Morgan fingerprint density at radius 3 is 2.05 bits per heavy atom. The summed E-state index contributed by atoms with van der Waals surface area (Å²) in [4.78, 5) is 0. The fourth-order valence-electron chi connectivity index (χ4n) is 7.39. The van der Waals surface area contributed by atoms with Crippen LogP contribution in [0.2, 0.25) is 0 Å². The smallest absolute Gasteiger partial charge is 0.0318 e. The van der Waals surface area contributed by atoms with Crippen LogP contribution in [0.4, 0.5) is 0 Å². The average molecular weight is 260 g/mol. The van der Waals surface area contributed by atoms with Crippen LogP contribution in [-0.2, 0) is 0 Å². The van der Waals surface area contributed by atoms with Crippen LogP contribution in [0.3, 0.4) is 0 Å². The monoisotopic (exact) mass is 260 g/mol. The summed E-state index contributed by atoms with van der Waals surface area (Å²) in [6, 6.07) is 0. The van der Waals surface area contributed by atoms with Crippen molar-refractivity contribution in [1.82, 2.24) is 0 Å². The number of hydrogen-bond acceptors (Lipinski definition) is 0. The summed E-state index contributed by atoms with van der Waals surface area (Å²) < 4.78 is 0. The lowest BCUT2D eigenvalue weighted by Crippen LogP contribution is -2.39. The van der Waals surface area contributed by atoms with E-state index in [1.807, 2.05) is 0 Å². The van der Waals surface area contributed by atoms with Crippen LogP contribution in [0.5, 0.6) is 0 Å². The Morgan fingerprint density at radius 1 is 0.789 bits per heavy atom. The molecule has 0 amide bonds. The number of hydrogen-bond donors (Lipinski definition) is 0. The first kappa shape index (κ1) is 12.7. The molecule has 4 aliphatic carbocycles. The van der Waals surface area contributed by atoms with Gasteiger partial charge in [-0.1, -0.05) is 34.6 Å². The molecule has 0 spiro atoms. The summed E-state index contributed by atoms with van der Waals surface area (Å²) in [6.07, 6.45) is 6.29. The van der Waals surface area contributed by atoms with Crippen molar-refractivity contribution in [2.45, 2.75) is 60.3 Å². The van der Waals surface area contributed by atoms with Crippen molar-refractivity contribution < 1.29 is 0 Å². The Kier molecular flexibility index (Phi) is 2.54. The summed E-state index contributed by atoms with van der Waals surface area (Å²) in [5.41, 5.74) is 0.543. The Labute approximate surface area is 119 Å². The minimum absolute atomic E-state index is 0.543. The van der Waals surface area contributed by atoms with Crippen LogP contribution in [0.15, 0.2) is 0 Å². The molecule has 4 saturated carbocycles. The van der Waals surface area contributed by atoms with Gasteiger partial charge in [0, 0.05) is 0 Å². The van der Waals surface area contributed by atoms with Gasteiger partial charge in [0.05, 0.1) is 0 Å². The molecule has 0 radical (unpaired) electrons. The van der Waals surface area contributed by atoms with Gasteiger partial charge in [-0.25, -0.2) is 0 Å². The van der Waals surface area contributed by atoms with Gasteiger partial charge in [-0.15, -0.1) is 0 Å². The molecule has 0 aromatic carbocycles. The van der Waals surface area contributed by atoms with E-state index in [-0.39, 0.29) is 0 Å². The van der Waals surface area contributed by atoms with Crippen molar-refractivity contribution in [2.75, 3.05) is 0 Å². The van der Waals surface area contributed by atoms with Crippen molar-refractivity contribution in [1.29, 1.82) is 0 Å². The second kappa shape index (κ2) is 3.80. The average Bonchev–Trinajstić information content (AvgIpc) is 2.96. The Morgan fingerprint density at radius 2 is 1.42 bits per heavy atom. The number of fused-ring (bicyclic) bond motifs is 9. The minimum Gasteiger partial charge on any atom is -0.0620 e. The van der Waals surface area contributed by atoms with Gasteiger partial charge in [-0.2, -0.15) is 0 Å². The molecule has 0 aromatic rings. The van der Waals surface area contributed by atoms with E-state index in [0.29, 0.717) is 5.41 Å². The molecule has 4 fully saturated rings. The van der Waals surface area contributed by atoms with Crippen molar-refractivity contribution >= 4 is 0 Å². The van der Waals surface area contributed by atoms with E-state index < -0.39 is 0 Å². The lowest BCUT2D eigenvalue weighted by atomic mass is 9.61. The third kappa shape index (κ3) is 1.64. The molecule has 9 unspecified atom stereocenters. The fourth-order valence-corrected chi connectivity index (χ4v) is 7.39. The lowest BCUT2D eigenvalue weighted by Gasteiger charge is -2.44. The van der Waals surface area contributed by atoms with E-state index in [9.17, 15) is 0 Å². The topological polar surface area (TPSA) is 0 Å². The maximum Gasteiger partial charge on any atom is -0.0318 e. The molecule has 108 valence electrons. The highest BCUT2D eigenvalue weighted by Crippen LogP contribution is 2.72. The standard InChI is InChI=1S/C19H32/c1-10-11(2)15-8-14(10)17-12-6-13(9-19(3,4)5)16(7-12)18(15)17/h10-18H,6-9H2,1-5H3. The molecule has 4 rings (SSSR count). The zero-order valence-corrected chi connectivity index (χ0v) is 13.5. The highest BCUT2D eigenvalue weighted by Gasteiger charge is 2.65. The molecule has 0 nitrogen and oxygen atoms in total. The van der Waals surface area contributed by atoms with Gasteiger partial charge in [-0.3, -0.25) is 0 Å². The first-order chi connectivity index (χ1) is 8.87. The van der Waals surface area contributed by atoms with E-state index in [1.165, 1.54) is 6.42 Å². The van der Waals surface area contributed by atoms with Gasteiger partial charge >= 0.3 is 0 Å². The number of rotatable bonds is 1. The van der Waals surface area contributed by atoms with Crippen LogP contribution in [0.1, 0.15) is 60.3 Å². The molecular formula is C19H32. The van der Waals surface area contributed by atoms with E-state index in [1.54, 1.807) is 19.3 Å². The molecular weight excluding hydrogens is 228 g/mol. The maximum atomic E-state index is 2.57. The SMILES string of the molecule is CC1C(C)C2CC1C1C3CC(CC(C)(C)C)C(C3)C21. The van der Waals surface area contributed by atoms with Gasteiger partial charge in [0.15, 0.2) is 0 Å². The molecule has 0 N–H and O–H groups in total. The minimum atomic E-state index is 0.543. The molecule has 4 bridgehead atoms. The van der Waals surface area contributed by atoms with Gasteiger partial charge in [-0.05, 0) is 84.4 Å². The first-order valence-electron chi connectivity index (χ1n) is 8.87. The van der Waals surface area contributed by atoms with Crippen molar-refractivity contribution in [3.8, 4) is 0 Å². The zero-order valence-electron chi connectivity index (χ0n) is 13.5. The maximum absolute atomic E-state index is 2.57. The van der Waals surface area contributed by atoms with Gasteiger partial charge in [0.1, 0.15) is 0 Å². The van der Waals surface area contributed by atoms with Crippen LogP contribution in [0, 0.1) is 58.7 Å². The van der Waals surface area contributed by atoms with Crippen LogP contribution in [0.25, 0.3) is 0 Å². The largest absolute Gasteiger partial charge is 0.0620 e. The molecule has 4 aliphatic rings. The fraction of sp³-hybridized carbons (Fsp3) is 1.00. The highest BCUT2D eigenvalue weighted by molar-refractivity contribution is 5.13. The summed E-state index contributed by atoms with van der Waals surface area (Å²) >= 11 is 0. The van der Waals surface area contributed by atoms with Crippen molar-refractivity contribution in [3.63, 3.8) is 0 Å². The molecule has 0 heteroatoms. The van der Waals surface area contributed by atoms with E-state index >= 15 is 0 Å². The summed E-state index contributed by atoms with van der Waals surface area (Å²) in [5.74, 6) is 9.95. The quantitative estimate of drug-likeness (QED) is 0.566. The molecule has 19 heavy (non-hydrogen) atoms.